The molecule has 2 rings (SSSR count). The number of rotatable bonds is 3. The van der Waals surface area contributed by atoms with Crippen molar-refractivity contribution in [1.82, 2.24) is 0 Å². The van der Waals surface area contributed by atoms with E-state index in [1.54, 1.807) is 18.2 Å². The predicted octanol–water partition coefficient (Wildman–Crippen LogP) is 1.24. The van der Waals surface area contributed by atoms with Gasteiger partial charge >= 0.3 is 7.12 Å². The van der Waals surface area contributed by atoms with Crippen LogP contribution >= 0.6 is 0 Å². The van der Waals surface area contributed by atoms with Gasteiger partial charge in [-0.25, -0.2) is 0 Å². The predicted molar refractivity (Wildman–Crippen MR) is 80.1 cm³/mol. The summed E-state index contributed by atoms with van der Waals surface area (Å²) in [4.78, 5) is 12.3. The van der Waals surface area contributed by atoms with Crippen LogP contribution in [0.1, 0.15) is 21.5 Å². The summed E-state index contributed by atoms with van der Waals surface area (Å²) in [5.41, 5.74) is 3.23. The number of anilines is 1. The van der Waals surface area contributed by atoms with Crippen LogP contribution in [0, 0.1) is 13.8 Å². The molecule has 0 aliphatic rings. The third-order valence-electron chi connectivity index (χ3n) is 3.34. The van der Waals surface area contributed by atoms with Crippen LogP contribution in [0.15, 0.2) is 42.5 Å². The number of carbonyl (C=O) groups excluding carboxylic acids is 1. The molecule has 0 atom stereocenters. The first-order valence-electron chi connectivity index (χ1n) is 6.33. The molecule has 2 aromatic carbocycles. The first-order chi connectivity index (χ1) is 9.50. The van der Waals surface area contributed by atoms with Gasteiger partial charge in [0.25, 0.3) is 5.91 Å². The zero-order valence-corrected chi connectivity index (χ0v) is 11.4. The van der Waals surface area contributed by atoms with Crippen molar-refractivity contribution in [2.24, 2.45) is 0 Å². The molecule has 0 aliphatic heterocycles. The maximum absolute atomic E-state index is 12.3. The van der Waals surface area contributed by atoms with Crippen molar-refractivity contribution in [1.29, 1.82) is 0 Å². The molecule has 0 fully saturated rings. The monoisotopic (exact) mass is 269 g/mol. The lowest BCUT2D eigenvalue weighted by molar-refractivity contribution is 0.102. The second kappa shape index (κ2) is 5.90. The first-order valence-corrected chi connectivity index (χ1v) is 6.33. The number of carbonyl (C=O) groups is 1. The SMILES string of the molecule is Cc1cccc(NC(=O)c2ccccc2B(O)O)c1C. The summed E-state index contributed by atoms with van der Waals surface area (Å²) in [6, 6.07) is 12.1. The summed E-state index contributed by atoms with van der Waals surface area (Å²) in [5.74, 6) is -0.359. The fourth-order valence-corrected chi connectivity index (χ4v) is 2.01. The molecular weight excluding hydrogens is 253 g/mol. The van der Waals surface area contributed by atoms with Crippen molar-refractivity contribution >= 4 is 24.2 Å². The smallest absolute Gasteiger partial charge is 0.423 e. The molecule has 3 N–H and O–H groups in total. The van der Waals surface area contributed by atoms with Gasteiger partial charge in [0.2, 0.25) is 0 Å². The van der Waals surface area contributed by atoms with Crippen molar-refractivity contribution in [2.75, 3.05) is 5.32 Å². The average Bonchev–Trinajstić information content (AvgIpc) is 2.43. The van der Waals surface area contributed by atoms with Gasteiger partial charge in [0, 0.05) is 11.3 Å². The molecule has 0 saturated carbocycles. The van der Waals surface area contributed by atoms with Crippen molar-refractivity contribution in [3.05, 3.63) is 59.2 Å². The highest BCUT2D eigenvalue weighted by molar-refractivity contribution is 6.60. The van der Waals surface area contributed by atoms with E-state index in [0.717, 1.165) is 16.8 Å². The Bertz CT molecular complexity index is 641. The summed E-state index contributed by atoms with van der Waals surface area (Å²) >= 11 is 0. The Hall–Kier alpha value is -2.11. The van der Waals surface area contributed by atoms with E-state index in [4.69, 9.17) is 0 Å². The molecule has 0 bridgehead atoms. The summed E-state index contributed by atoms with van der Waals surface area (Å²) in [7, 11) is -1.67. The van der Waals surface area contributed by atoms with Gasteiger partial charge < -0.3 is 15.4 Å². The number of benzene rings is 2. The summed E-state index contributed by atoms with van der Waals surface area (Å²) in [6.07, 6.45) is 0. The third kappa shape index (κ3) is 2.90. The second-order valence-corrected chi connectivity index (χ2v) is 4.66. The third-order valence-corrected chi connectivity index (χ3v) is 3.34. The van der Waals surface area contributed by atoms with Crippen molar-refractivity contribution in [3.63, 3.8) is 0 Å². The summed E-state index contributed by atoms with van der Waals surface area (Å²) in [5, 5.41) is 21.4. The molecule has 1 amide bonds. The molecule has 2 aromatic rings. The lowest BCUT2D eigenvalue weighted by atomic mass is 9.77. The van der Waals surface area contributed by atoms with Gasteiger partial charge in [-0.15, -0.1) is 0 Å². The Kier molecular flexibility index (Phi) is 4.22. The number of hydrogen-bond acceptors (Lipinski definition) is 3. The quantitative estimate of drug-likeness (QED) is 0.734. The molecule has 0 radical (unpaired) electrons. The highest BCUT2D eigenvalue weighted by Crippen LogP contribution is 2.18. The normalized spacial score (nSPS) is 10.2. The Labute approximate surface area is 118 Å². The minimum Gasteiger partial charge on any atom is -0.423 e. The molecule has 0 saturated heterocycles. The van der Waals surface area contributed by atoms with Crippen molar-refractivity contribution in [2.45, 2.75) is 13.8 Å². The van der Waals surface area contributed by atoms with Gasteiger partial charge in [-0.05, 0) is 42.6 Å². The molecule has 0 aliphatic carbocycles. The van der Waals surface area contributed by atoms with Crippen LogP contribution in [0.4, 0.5) is 5.69 Å². The Morgan fingerprint density at radius 3 is 2.45 bits per heavy atom. The molecule has 102 valence electrons. The van der Waals surface area contributed by atoms with E-state index in [1.165, 1.54) is 6.07 Å². The molecule has 0 unspecified atom stereocenters. The molecule has 0 spiro atoms. The van der Waals surface area contributed by atoms with E-state index in [9.17, 15) is 14.8 Å². The Morgan fingerprint density at radius 2 is 1.75 bits per heavy atom. The number of aryl methyl sites for hydroxylation is 1. The molecular formula is C15H16BNO3. The Morgan fingerprint density at radius 1 is 1.05 bits per heavy atom. The highest BCUT2D eigenvalue weighted by Gasteiger charge is 2.20. The van der Waals surface area contributed by atoms with Crippen LogP contribution < -0.4 is 10.8 Å². The zero-order valence-electron chi connectivity index (χ0n) is 11.4. The lowest BCUT2D eigenvalue weighted by Crippen LogP contribution is -2.36. The first kappa shape index (κ1) is 14.3. The average molecular weight is 269 g/mol. The minimum absolute atomic E-state index is 0.190. The van der Waals surface area contributed by atoms with Crippen molar-refractivity contribution in [3.8, 4) is 0 Å². The molecule has 0 aromatic heterocycles. The maximum atomic E-state index is 12.3. The number of amides is 1. The fraction of sp³-hybridized carbons (Fsp3) is 0.133. The molecule has 20 heavy (non-hydrogen) atoms. The van der Waals surface area contributed by atoms with E-state index in [2.05, 4.69) is 5.32 Å². The van der Waals surface area contributed by atoms with Crippen molar-refractivity contribution < 1.29 is 14.8 Å². The van der Waals surface area contributed by atoms with Crippen LogP contribution in [0.3, 0.4) is 0 Å². The Balaban J connectivity index is 2.31. The van der Waals surface area contributed by atoms with Gasteiger partial charge in [0.1, 0.15) is 0 Å². The summed E-state index contributed by atoms with van der Waals surface area (Å²) < 4.78 is 0. The second-order valence-electron chi connectivity index (χ2n) is 4.66. The van der Waals surface area contributed by atoms with Crippen LogP contribution in [0.2, 0.25) is 0 Å². The molecule has 4 nitrogen and oxygen atoms in total. The van der Waals surface area contributed by atoms with Gasteiger partial charge in [0.15, 0.2) is 0 Å². The van der Waals surface area contributed by atoms with Gasteiger partial charge in [-0.1, -0.05) is 30.3 Å². The van der Waals surface area contributed by atoms with Crippen LogP contribution in [-0.4, -0.2) is 23.1 Å². The van der Waals surface area contributed by atoms with Crippen LogP contribution in [0.5, 0.6) is 0 Å². The molecule has 0 heterocycles. The zero-order chi connectivity index (χ0) is 14.7. The number of hydrogen-bond donors (Lipinski definition) is 3. The van der Waals surface area contributed by atoms with Gasteiger partial charge in [-0.3, -0.25) is 4.79 Å². The van der Waals surface area contributed by atoms with E-state index in [0.29, 0.717) is 0 Å². The van der Waals surface area contributed by atoms with E-state index in [-0.39, 0.29) is 16.9 Å². The van der Waals surface area contributed by atoms with E-state index in [1.807, 2.05) is 32.0 Å². The van der Waals surface area contributed by atoms with Crippen LogP contribution in [0.25, 0.3) is 0 Å². The topological polar surface area (TPSA) is 69.6 Å². The highest BCUT2D eigenvalue weighted by atomic mass is 16.4. The van der Waals surface area contributed by atoms with Crippen LogP contribution in [-0.2, 0) is 0 Å². The molecule has 5 heteroatoms. The standard InChI is InChI=1S/C15H16BNO3/c1-10-6-5-9-14(11(10)2)17-15(18)12-7-3-4-8-13(12)16(19)20/h3-9,19-20H,1-2H3,(H,17,18). The fourth-order valence-electron chi connectivity index (χ4n) is 2.01. The minimum atomic E-state index is -1.67. The lowest BCUT2D eigenvalue weighted by Gasteiger charge is -2.12. The van der Waals surface area contributed by atoms with Gasteiger partial charge in [-0.2, -0.15) is 0 Å². The largest absolute Gasteiger partial charge is 0.489 e. The van der Waals surface area contributed by atoms with E-state index >= 15 is 0 Å². The summed E-state index contributed by atoms with van der Waals surface area (Å²) in [6.45, 7) is 3.90. The van der Waals surface area contributed by atoms with Gasteiger partial charge in [0.05, 0.1) is 0 Å². The van der Waals surface area contributed by atoms with E-state index < -0.39 is 7.12 Å². The maximum Gasteiger partial charge on any atom is 0.489 e. The number of nitrogens with one attached hydrogen (secondary N) is 1.